The van der Waals surface area contributed by atoms with E-state index in [0.717, 1.165) is 5.56 Å². The molecular weight excluding hydrogens is 146 g/mol. The summed E-state index contributed by atoms with van der Waals surface area (Å²) in [6, 6.07) is 1.98. The van der Waals surface area contributed by atoms with E-state index in [4.69, 9.17) is 6.42 Å². The first-order valence-electron chi connectivity index (χ1n) is 3.97. The van der Waals surface area contributed by atoms with Gasteiger partial charge in [-0.05, 0) is 38.0 Å². The Labute approximate surface area is 73.8 Å². The monoisotopic (exact) mass is 159 g/mol. The van der Waals surface area contributed by atoms with Gasteiger partial charge in [0.1, 0.15) is 0 Å². The van der Waals surface area contributed by atoms with Crippen LogP contribution in [0.4, 0.5) is 0 Å². The first-order valence-corrected chi connectivity index (χ1v) is 3.97. The Kier molecular flexibility index (Phi) is 2.19. The Hall–Kier alpha value is -1.29. The molecule has 0 amide bonds. The van der Waals surface area contributed by atoms with Crippen LogP contribution in [0.2, 0.25) is 0 Å². The number of aromatic nitrogens is 1. The molecule has 0 bridgehead atoms. The van der Waals surface area contributed by atoms with E-state index in [1.165, 1.54) is 5.56 Å². The van der Waals surface area contributed by atoms with E-state index in [1.54, 1.807) is 6.20 Å². The lowest BCUT2D eigenvalue weighted by Gasteiger charge is -2.19. The van der Waals surface area contributed by atoms with Crippen molar-refractivity contribution in [1.82, 2.24) is 4.98 Å². The summed E-state index contributed by atoms with van der Waals surface area (Å²) < 4.78 is 0. The quantitative estimate of drug-likeness (QED) is 0.573. The summed E-state index contributed by atoms with van der Waals surface area (Å²) in [5, 5.41) is 0. The summed E-state index contributed by atoms with van der Waals surface area (Å²) in [6.45, 7) is 6.10. The molecule has 0 fully saturated rings. The summed E-state index contributed by atoms with van der Waals surface area (Å²) in [7, 11) is 0. The van der Waals surface area contributed by atoms with Gasteiger partial charge in [0.25, 0.3) is 0 Å². The third-order valence-electron chi connectivity index (χ3n) is 2.05. The molecule has 1 rings (SSSR count). The van der Waals surface area contributed by atoms with Gasteiger partial charge in [-0.15, -0.1) is 6.42 Å². The Morgan fingerprint density at radius 2 is 2.17 bits per heavy atom. The largest absolute Gasteiger partial charge is 0.264 e. The molecule has 0 unspecified atom stereocenters. The lowest BCUT2D eigenvalue weighted by Crippen LogP contribution is -2.15. The van der Waals surface area contributed by atoms with Crippen LogP contribution < -0.4 is 0 Å². The Balaban J connectivity index is 3.22. The first kappa shape index (κ1) is 8.80. The van der Waals surface area contributed by atoms with Crippen molar-refractivity contribution < 1.29 is 0 Å². The lowest BCUT2D eigenvalue weighted by atomic mass is 9.84. The highest BCUT2D eigenvalue weighted by atomic mass is 14.6. The number of hydrogen-bond donors (Lipinski definition) is 0. The molecule has 1 aromatic heterocycles. The van der Waals surface area contributed by atoms with Crippen molar-refractivity contribution in [3.8, 4) is 12.3 Å². The van der Waals surface area contributed by atoms with Gasteiger partial charge in [-0.2, -0.15) is 0 Å². The van der Waals surface area contributed by atoms with Crippen molar-refractivity contribution in [2.75, 3.05) is 0 Å². The van der Waals surface area contributed by atoms with Crippen molar-refractivity contribution in [3.05, 3.63) is 29.6 Å². The minimum Gasteiger partial charge on any atom is -0.264 e. The topological polar surface area (TPSA) is 12.9 Å². The minimum atomic E-state index is -0.187. The van der Waals surface area contributed by atoms with E-state index in [1.807, 2.05) is 33.0 Å². The molecule has 0 aliphatic rings. The predicted octanol–water partition coefficient (Wildman–Crippen LogP) is 2.30. The Morgan fingerprint density at radius 3 is 2.67 bits per heavy atom. The van der Waals surface area contributed by atoms with Gasteiger partial charge in [-0.1, -0.05) is 5.92 Å². The lowest BCUT2D eigenvalue weighted by molar-refractivity contribution is 0.691. The highest BCUT2D eigenvalue weighted by molar-refractivity contribution is 5.35. The first-order chi connectivity index (χ1) is 5.58. The zero-order chi connectivity index (χ0) is 9.19. The summed E-state index contributed by atoms with van der Waals surface area (Å²) in [4.78, 5) is 4.02. The van der Waals surface area contributed by atoms with Crippen molar-refractivity contribution in [3.63, 3.8) is 0 Å². The van der Waals surface area contributed by atoms with E-state index in [0.29, 0.717) is 0 Å². The smallest absolute Gasteiger partial charge is 0.0507 e. The van der Waals surface area contributed by atoms with Crippen molar-refractivity contribution in [2.24, 2.45) is 0 Å². The molecule has 0 saturated heterocycles. The number of rotatable bonds is 1. The maximum absolute atomic E-state index is 5.44. The van der Waals surface area contributed by atoms with Crippen LogP contribution >= 0.6 is 0 Å². The summed E-state index contributed by atoms with van der Waals surface area (Å²) in [5.41, 5.74) is 2.15. The molecule has 1 aromatic rings. The van der Waals surface area contributed by atoms with Crippen LogP contribution in [0.1, 0.15) is 25.0 Å². The maximum Gasteiger partial charge on any atom is 0.0507 e. The van der Waals surface area contributed by atoms with E-state index < -0.39 is 0 Å². The summed E-state index contributed by atoms with van der Waals surface area (Å²) >= 11 is 0. The van der Waals surface area contributed by atoms with Crippen LogP contribution in [0.25, 0.3) is 0 Å². The molecule has 12 heavy (non-hydrogen) atoms. The van der Waals surface area contributed by atoms with E-state index >= 15 is 0 Å². The third-order valence-corrected chi connectivity index (χ3v) is 2.05. The number of hydrogen-bond acceptors (Lipinski definition) is 1. The number of terminal acetylenes is 1. The fourth-order valence-corrected chi connectivity index (χ4v) is 1.25. The second-order valence-corrected chi connectivity index (χ2v) is 3.46. The zero-order valence-electron chi connectivity index (χ0n) is 7.76. The standard InChI is InChI=1S/C11H13N/c1-5-11(3,4)10-6-7-12-8-9(10)2/h1,6-8H,2-4H3. The second-order valence-electron chi connectivity index (χ2n) is 3.46. The van der Waals surface area contributed by atoms with Crippen LogP contribution in [0, 0.1) is 19.3 Å². The second kappa shape index (κ2) is 2.98. The highest BCUT2D eigenvalue weighted by Crippen LogP contribution is 2.23. The minimum absolute atomic E-state index is 0.187. The van der Waals surface area contributed by atoms with E-state index in [2.05, 4.69) is 10.9 Å². The molecule has 0 spiro atoms. The Bertz CT molecular complexity index is 318. The van der Waals surface area contributed by atoms with Crippen LogP contribution in [-0.2, 0) is 5.41 Å². The predicted molar refractivity (Wildman–Crippen MR) is 50.8 cm³/mol. The molecule has 0 N–H and O–H groups in total. The average Bonchev–Trinajstić information content (AvgIpc) is 2.05. The van der Waals surface area contributed by atoms with Gasteiger partial charge in [0.05, 0.1) is 5.41 Å². The molecule has 1 nitrogen and oxygen atoms in total. The summed E-state index contributed by atoms with van der Waals surface area (Å²) in [5.74, 6) is 2.77. The number of nitrogens with zero attached hydrogens (tertiary/aromatic N) is 1. The molecule has 0 aliphatic heterocycles. The zero-order valence-corrected chi connectivity index (χ0v) is 7.76. The van der Waals surface area contributed by atoms with Crippen LogP contribution in [0.5, 0.6) is 0 Å². The average molecular weight is 159 g/mol. The maximum atomic E-state index is 5.44. The third kappa shape index (κ3) is 1.48. The van der Waals surface area contributed by atoms with Crippen molar-refractivity contribution in [1.29, 1.82) is 0 Å². The SMILES string of the molecule is C#CC(C)(C)c1ccncc1C. The van der Waals surface area contributed by atoms with Crippen LogP contribution in [0.3, 0.4) is 0 Å². The molecule has 0 aromatic carbocycles. The van der Waals surface area contributed by atoms with Gasteiger partial charge < -0.3 is 0 Å². The Morgan fingerprint density at radius 1 is 1.50 bits per heavy atom. The van der Waals surface area contributed by atoms with E-state index in [9.17, 15) is 0 Å². The molecule has 1 heteroatoms. The molecule has 0 saturated carbocycles. The molecular formula is C11H13N. The molecule has 0 aliphatic carbocycles. The van der Waals surface area contributed by atoms with E-state index in [-0.39, 0.29) is 5.41 Å². The fourth-order valence-electron chi connectivity index (χ4n) is 1.25. The van der Waals surface area contributed by atoms with Crippen molar-refractivity contribution in [2.45, 2.75) is 26.2 Å². The number of pyridine rings is 1. The molecule has 0 radical (unpaired) electrons. The number of aryl methyl sites for hydroxylation is 1. The van der Waals surface area contributed by atoms with Gasteiger partial charge in [-0.3, -0.25) is 4.98 Å². The van der Waals surface area contributed by atoms with Gasteiger partial charge in [-0.25, -0.2) is 0 Å². The van der Waals surface area contributed by atoms with Gasteiger partial charge in [0.15, 0.2) is 0 Å². The van der Waals surface area contributed by atoms with Gasteiger partial charge in [0, 0.05) is 12.4 Å². The van der Waals surface area contributed by atoms with Gasteiger partial charge >= 0.3 is 0 Å². The van der Waals surface area contributed by atoms with Crippen LogP contribution in [-0.4, -0.2) is 4.98 Å². The molecule has 62 valence electrons. The molecule has 1 heterocycles. The van der Waals surface area contributed by atoms with Crippen molar-refractivity contribution >= 4 is 0 Å². The highest BCUT2D eigenvalue weighted by Gasteiger charge is 2.18. The van der Waals surface area contributed by atoms with Gasteiger partial charge in [0.2, 0.25) is 0 Å². The molecule has 0 atom stereocenters. The fraction of sp³-hybridized carbons (Fsp3) is 0.364. The summed E-state index contributed by atoms with van der Waals surface area (Å²) in [6.07, 6.45) is 9.06. The van der Waals surface area contributed by atoms with Crippen LogP contribution in [0.15, 0.2) is 18.5 Å². The normalized spacial score (nSPS) is 10.8.